The van der Waals surface area contributed by atoms with Crippen LogP contribution in [-0.4, -0.2) is 51.0 Å². The zero-order chi connectivity index (χ0) is 15.4. The average molecular weight is 311 g/mol. The number of amides is 1. The van der Waals surface area contributed by atoms with Gasteiger partial charge in [0.05, 0.1) is 23.5 Å². The molecule has 0 unspecified atom stereocenters. The van der Waals surface area contributed by atoms with E-state index in [1.54, 1.807) is 28.0 Å². The molecule has 0 fully saturated rings. The molecule has 0 aromatic carbocycles. The number of hydrogen-bond donors (Lipinski definition) is 1. The van der Waals surface area contributed by atoms with Crippen molar-refractivity contribution in [3.63, 3.8) is 0 Å². The van der Waals surface area contributed by atoms with Crippen molar-refractivity contribution in [3.8, 4) is 0 Å². The maximum Gasteiger partial charge on any atom is 0.277 e. The maximum absolute atomic E-state index is 12.1. The molecule has 0 aliphatic rings. The largest absolute Gasteiger partial charge is 0.318 e. The first-order valence-corrected chi connectivity index (χ1v) is 7.09. The minimum absolute atomic E-state index is 0.222. The number of carbonyl (C=O) groups excluding carboxylic acids is 1. The van der Waals surface area contributed by atoms with E-state index in [0.29, 0.717) is 17.3 Å². The SMILES string of the molecule is CCn1cc(Cl)c(C(=O)Nc2cnn(CCN(C)C)c2)n1. The minimum atomic E-state index is -0.334. The van der Waals surface area contributed by atoms with E-state index in [2.05, 4.69) is 20.4 Å². The Bertz CT molecular complexity index is 618. The second kappa shape index (κ2) is 6.73. The van der Waals surface area contributed by atoms with Crippen LogP contribution in [-0.2, 0) is 13.1 Å². The highest BCUT2D eigenvalue weighted by Crippen LogP contribution is 2.16. The predicted octanol–water partition coefficient (Wildman–Crippen LogP) is 1.57. The van der Waals surface area contributed by atoms with Gasteiger partial charge in [-0.2, -0.15) is 10.2 Å². The second-order valence-electron chi connectivity index (χ2n) is 4.93. The van der Waals surface area contributed by atoms with E-state index in [9.17, 15) is 4.79 Å². The molecule has 1 amide bonds. The van der Waals surface area contributed by atoms with Crippen molar-refractivity contribution in [2.45, 2.75) is 20.0 Å². The summed E-state index contributed by atoms with van der Waals surface area (Å²) in [6.45, 7) is 4.23. The summed E-state index contributed by atoms with van der Waals surface area (Å²) < 4.78 is 3.40. The number of nitrogens with zero attached hydrogens (tertiary/aromatic N) is 5. The van der Waals surface area contributed by atoms with Crippen LogP contribution in [0.1, 0.15) is 17.4 Å². The van der Waals surface area contributed by atoms with Gasteiger partial charge in [-0.15, -0.1) is 0 Å². The van der Waals surface area contributed by atoms with Crippen LogP contribution >= 0.6 is 11.6 Å². The first-order chi connectivity index (χ1) is 9.99. The molecule has 114 valence electrons. The van der Waals surface area contributed by atoms with E-state index in [1.807, 2.05) is 21.0 Å². The van der Waals surface area contributed by atoms with Gasteiger partial charge in [-0.3, -0.25) is 14.2 Å². The van der Waals surface area contributed by atoms with Crippen molar-refractivity contribution in [2.75, 3.05) is 26.0 Å². The number of hydrogen-bond acceptors (Lipinski definition) is 4. The van der Waals surface area contributed by atoms with Crippen molar-refractivity contribution in [3.05, 3.63) is 29.3 Å². The predicted molar refractivity (Wildman–Crippen MR) is 81.6 cm³/mol. The number of carbonyl (C=O) groups is 1. The Labute approximate surface area is 128 Å². The van der Waals surface area contributed by atoms with Gasteiger partial charge in [0.15, 0.2) is 5.69 Å². The van der Waals surface area contributed by atoms with Gasteiger partial charge in [0.2, 0.25) is 0 Å². The normalized spacial score (nSPS) is 11.1. The monoisotopic (exact) mass is 310 g/mol. The third kappa shape index (κ3) is 4.05. The molecular formula is C13H19ClN6O. The zero-order valence-corrected chi connectivity index (χ0v) is 13.1. The number of anilines is 1. The molecule has 0 aliphatic heterocycles. The summed E-state index contributed by atoms with van der Waals surface area (Å²) in [6, 6.07) is 0. The van der Waals surface area contributed by atoms with Crippen molar-refractivity contribution in [2.24, 2.45) is 0 Å². The van der Waals surface area contributed by atoms with Gasteiger partial charge in [0.1, 0.15) is 0 Å². The van der Waals surface area contributed by atoms with Crippen LogP contribution in [0, 0.1) is 0 Å². The van der Waals surface area contributed by atoms with E-state index in [-0.39, 0.29) is 11.6 Å². The number of aromatic nitrogens is 4. The highest BCUT2D eigenvalue weighted by atomic mass is 35.5. The lowest BCUT2D eigenvalue weighted by molar-refractivity contribution is 0.102. The average Bonchev–Trinajstić information content (AvgIpc) is 3.02. The van der Waals surface area contributed by atoms with E-state index < -0.39 is 0 Å². The molecule has 8 heteroatoms. The van der Waals surface area contributed by atoms with Crippen molar-refractivity contribution in [1.29, 1.82) is 0 Å². The van der Waals surface area contributed by atoms with Crippen molar-refractivity contribution in [1.82, 2.24) is 24.5 Å². The van der Waals surface area contributed by atoms with Gasteiger partial charge >= 0.3 is 0 Å². The molecule has 2 rings (SSSR count). The molecule has 2 aromatic heterocycles. The second-order valence-corrected chi connectivity index (χ2v) is 5.34. The first kappa shape index (κ1) is 15.5. The molecular weight excluding hydrogens is 292 g/mol. The van der Waals surface area contributed by atoms with Crippen LogP contribution in [0.3, 0.4) is 0 Å². The molecule has 0 saturated heterocycles. The summed E-state index contributed by atoms with van der Waals surface area (Å²) in [5, 5.41) is 11.4. The summed E-state index contributed by atoms with van der Waals surface area (Å²) in [5.41, 5.74) is 0.848. The van der Waals surface area contributed by atoms with Crippen LogP contribution in [0.2, 0.25) is 5.02 Å². The fourth-order valence-corrected chi connectivity index (χ4v) is 1.99. The molecule has 0 radical (unpaired) electrons. The Morgan fingerprint density at radius 1 is 1.38 bits per heavy atom. The van der Waals surface area contributed by atoms with Gasteiger partial charge in [-0.25, -0.2) is 0 Å². The molecule has 0 spiro atoms. The van der Waals surface area contributed by atoms with Gasteiger partial charge in [0, 0.05) is 25.5 Å². The standard InChI is InChI=1S/C13H19ClN6O/c1-4-19-9-11(14)12(17-19)13(21)16-10-7-15-20(8-10)6-5-18(2)3/h7-9H,4-6H2,1-3H3,(H,16,21). The highest BCUT2D eigenvalue weighted by Gasteiger charge is 2.16. The van der Waals surface area contributed by atoms with Crippen LogP contribution in [0.25, 0.3) is 0 Å². The Morgan fingerprint density at radius 3 is 2.76 bits per heavy atom. The fraction of sp³-hybridized carbons (Fsp3) is 0.462. The maximum atomic E-state index is 12.1. The lowest BCUT2D eigenvalue weighted by Crippen LogP contribution is -2.18. The molecule has 0 saturated carbocycles. The van der Waals surface area contributed by atoms with E-state index >= 15 is 0 Å². The molecule has 7 nitrogen and oxygen atoms in total. The first-order valence-electron chi connectivity index (χ1n) is 6.71. The van der Waals surface area contributed by atoms with Gasteiger partial charge in [0.25, 0.3) is 5.91 Å². The van der Waals surface area contributed by atoms with E-state index in [4.69, 9.17) is 11.6 Å². The summed E-state index contributed by atoms with van der Waals surface area (Å²) in [7, 11) is 4.00. The smallest absolute Gasteiger partial charge is 0.277 e. The molecule has 2 aromatic rings. The molecule has 21 heavy (non-hydrogen) atoms. The van der Waals surface area contributed by atoms with Crippen LogP contribution in [0.4, 0.5) is 5.69 Å². The Morgan fingerprint density at radius 2 is 2.14 bits per heavy atom. The zero-order valence-electron chi connectivity index (χ0n) is 12.4. The topological polar surface area (TPSA) is 68.0 Å². The number of likely N-dealkylation sites (N-methyl/N-ethyl adjacent to an activating group) is 1. The van der Waals surface area contributed by atoms with Crippen molar-refractivity contribution < 1.29 is 4.79 Å². The van der Waals surface area contributed by atoms with Crippen LogP contribution < -0.4 is 5.32 Å². The van der Waals surface area contributed by atoms with E-state index in [1.165, 1.54) is 0 Å². The third-order valence-electron chi connectivity index (χ3n) is 2.92. The molecule has 0 atom stereocenters. The number of halogens is 1. The van der Waals surface area contributed by atoms with Gasteiger partial charge in [-0.05, 0) is 21.0 Å². The molecule has 1 N–H and O–H groups in total. The summed E-state index contributed by atoms with van der Waals surface area (Å²) >= 11 is 6.00. The molecule has 0 aliphatic carbocycles. The van der Waals surface area contributed by atoms with Gasteiger partial charge < -0.3 is 10.2 Å². The molecule has 2 heterocycles. The third-order valence-corrected chi connectivity index (χ3v) is 3.20. The Balaban J connectivity index is 2.00. The summed E-state index contributed by atoms with van der Waals surface area (Å²) in [6.07, 6.45) is 5.03. The van der Waals surface area contributed by atoms with Crippen molar-refractivity contribution >= 4 is 23.2 Å². The Hall–Kier alpha value is -1.86. The number of aryl methyl sites for hydroxylation is 1. The fourth-order valence-electron chi connectivity index (χ4n) is 1.76. The summed E-state index contributed by atoms with van der Waals surface area (Å²) in [4.78, 5) is 14.2. The van der Waals surface area contributed by atoms with E-state index in [0.717, 1.165) is 13.1 Å². The van der Waals surface area contributed by atoms with Crippen LogP contribution in [0.5, 0.6) is 0 Å². The lowest BCUT2D eigenvalue weighted by atomic mass is 10.4. The number of rotatable bonds is 6. The number of nitrogens with one attached hydrogen (secondary N) is 1. The minimum Gasteiger partial charge on any atom is -0.318 e. The Kier molecular flexibility index (Phi) is 4.98. The summed E-state index contributed by atoms with van der Waals surface area (Å²) in [5.74, 6) is -0.334. The molecule has 0 bridgehead atoms. The van der Waals surface area contributed by atoms with Gasteiger partial charge in [-0.1, -0.05) is 11.6 Å². The lowest BCUT2D eigenvalue weighted by Gasteiger charge is -2.08. The quantitative estimate of drug-likeness (QED) is 0.879. The van der Waals surface area contributed by atoms with Crippen LogP contribution in [0.15, 0.2) is 18.6 Å². The highest BCUT2D eigenvalue weighted by molar-refractivity contribution is 6.34.